The largest absolute Gasteiger partial charge is 0.370 e. The molecule has 0 bridgehead atoms. The Kier molecular flexibility index (Phi) is 3.00. The maximum absolute atomic E-state index is 4.24. The molecule has 16 heavy (non-hydrogen) atoms. The van der Waals surface area contributed by atoms with Crippen molar-refractivity contribution in [3.8, 4) is 0 Å². The molecule has 0 aliphatic rings. The van der Waals surface area contributed by atoms with Crippen molar-refractivity contribution in [2.24, 2.45) is 0 Å². The van der Waals surface area contributed by atoms with Crippen LogP contribution >= 0.6 is 0 Å². The Bertz CT molecular complexity index is 482. The fraction of sp³-hybridized carbons (Fsp3) is 0.167. The maximum Gasteiger partial charge on any atom is 0.173 e. The van der Waals surface area contributed by atoms with E-state index in [-0.39, 0.29) is 0 Å². The van der Waals surface area contributed by atoms with Gasteiger partial charge in [-0.05, 0) is 24.6 Å². The summed E-state index contributed by atoms with van der Waals surface area (Å²) >= 11 is 0. The standard InChI is InChI=1S/C12H14N4/c1-9-4-3-5-10(8-9)16-12-11(13-2)14-6-7-15-12/h3-8H,1-2H3,(H,13,14)(H,15,16). The van der Waals surface area contributed by atoms with E-state index in [2.05, 4.69) is 39.7 Å². The molecule has 4 heteroatoms. The normalized spacial score (nSPS) is 9.88. The van der Waals surface area contributed by atoms with E-state index >= 15 is 0 Å². The number of hydrogen-bond donors (Lipinski definition) is 2. The first-order valence-electron chi connectivity index (χ1n) is 5.12. The molecule has 0 spiro atoms. The molecule has 0 atom stereocenters. The highest BCUT2D eigenvalue weighted by Crippen LogP contribution is 2.20. The first kappa shape index (κ1) is 10.4. The predicted octanol–water partition coefficient (Wildman–Crippen LogP) is 2.57. The highest BCUT2D eigenvalue weighted by Gasteiger charge is 2.02. The van der Waals surface area contributed by atoms with Crippen molar-refractivity contribution in [3.05, 3.63) is 42.2 Å². The van der Waals surface area contributed by atoms with Crippen LogP contribution in [-0.4, -0.2) is 17.0 Å². The van der Waals surface area contributed by atoms with Crippen molar-refractivity contribution in [2.75, 3.05) is 17.7 Å². The summed E-state index contributed by atoms with van der Waals surface area (Å²) in [4.78, 5) is 8.42. The fourth-order valence-corrected chi connectivity index (χ4v) is 1.47. The number of anilines is 3. The highest BCUT2D eigenvalue weighted by molar-refractivity contribution is 5.67. The van der Waals surface area contributed by atoms with E-state index in [1.807, 2.05) is 19.2 Å². The van der Waals surface area contributed by atoms with Crippen LogP contribution in [0.3, 0.4) is 0 Å². The van der Waals surface area contributed by atoms with Crippen molar-refractivity contribution in [1.29, 1.82) is 0 Å². The molecule has 0 saturated carbocycles. The molecule has 0 saturated heterocycles. The van der Waals surface area contributed by atoms with E-state index < -0.39 is 0 Å². The van der Waals surface area contributed by atoms with E-state index in [0.717, 1.165) is 17.3 Å². The van der Waals surface area contributed by atoms with Gasteiger partial charge in [-0.3, -0.25) is 0 Å². The smallest absolute Gasteiger partial charge is 0.173 e. The Morgan fingerprint density at radius 1 is 1.06 bits per heavy atom. The Hall–Kier alpha value is -2.10. The third-order valence-electron chi connectivity index (χ3n) is 2.22. The first-order valence-corrected chi connectivity index (χ1v) is 5.12. The van der Waals surface area contributed by atoms with Crippen molar-refractivity contribution in [1.82, 2.24) is 9.97 Å². The first-order chi connectivity index (χ1) is 7.79. The summed E-state index contributed by atoms with van der Waals surface area (Å²) in [6.45, 7) is 2.06. The minimum absolute atomic E-state index is 0.732. The summed E-state index contributed by atoms with van der Waals surface area (Å²) in [6, 6.07) is 8.13. The van der Waals surface area contributed by atoms with Crippen molar-refractivity contribution in [3.63, 3.8) is 0 Å². The minimum Gasteiger partial charge on any atom is -0.370 e. The van der Waals surface area contributed by atoms with Crippen molar-refractivity contribution in [2.45, 2.75) is 6.92 Å². The molecule has 0 aliphatic heterocycles. The molecule has 0 amide bonds. The lowest BCUT2D eigenvalue weighted by Gasteiger charge is -2.09. The van der Waals surface area contributed by atoms with Gasteiger partial charge in [0.25, 0.3) is 0 Å². The average molecular weight is 214 g/mol. The van der Waals surface area contributed by atoms with Gasteiger partial charge in [0.15, 0.2) is 11.6 Å². The number of nitrogens with one attached hydrogen (secondary N) is 2. The third kappa shape index (κ3) is 2.28. The van der Waals surface area contributed by atoms with Crippen LogP contribution in [0.25, 0.3) is 0 Å². The maximum atomic E-state index is 4.24. The van der Waals surface area contributed by atoms with Crippen LogP contribution in [0.5, 0.6) is 0 Å². The van der Waals surface area contributed by atoms with Gasteiger partial charge in [-0.1, -0.05) is 12.1 Å². The van der Waals surface area contributed by atoms with Crippen molar-refractivity contribution < 1.29 is 0 Å². The van der Waals surface area contributed by atoms with E-state index in [9.17, 15) is 0 Å². The molecule has 1 heterocycles. The molecule has 2 N–H and O–H groups in total. The molecule has 82 valence electrons. The lowest BCUT2D eigenvalue weighted by Crippen LogP contribution is -2.01. The quantitative estimate of drug-likeness (QED) is 0.824. The Morgan fingerprint density at radius 2 is 1.81 bits per heavy atom. The second kappa shape index (κ2) is 4.61. The second-order valence-corrected chi connectivity index (χ2v) is 3.50. The van der Waals surface area contributed by atoms with Gasteiger partial charge in [-0.15, -0.1) is 0 Å². The van der Waals surface area contributed by atoms with E-state index in [1.165, 1.54) is 5.56 Å². The Balaban J connectivity index is 2.26. The average Bonchev–Trinajstić information content (AvgIpc) is 2.30. The summed E-state index contributed by atoms with van der Waals surface area (Å²) in [5.41, 5.74) is 2.22. The zero-order valence-corrected chi connectivity index (χ0v) is 9.36. The summed E-state index contributed by atoms with van der Waals surface area (Å²) < 4.78 is 0. The molecule has 1 aromatic carbocycles. The molecule has 2 aromatic rings. The van der Waals surface area contributed by atoms with Gasteiger partial charge in [-0.2, -0.15) is 0 Å². The van der Waals surface area contributed by atoms with Gasteiger partial charge >= 0.3 is 0 Å². The lowest BCUT2D eigenvalue weighted by molar-refractivity contribution is 1.18. The molecule has 0 radical (unpaired) electrons. The van der Waals surface area contributed by atoms with E-state index in [1.54, 1.807) is 12.4 Å². The minimum atomic E-state index is 0.732. The summed E-state index contributed by atoms with van der Waals surface area (Å²) in [6.07, 6.45) is 3.33. The van der Waals surface area contributed by atoms with Gasteiger partial charge < -0.3 is 10.6 Å². The van der Waals surface area contributed by atoms with Gasteiger partial charge in [0, 0.05) is 25.1 Å². The zero-order valence-electron chi connectivity index (χ0n) is 9.36. The topological polar surface area (TPSA) is 49.8 Å². The van der Waals surface area contributed by atoms with Gasteiger partial charge in [0.1, 0.15) is 0 Å². The number of aryl methyl sites for hydroxylation is 1. The van der Waals surface area contributed by atoms with Gasteiger partial charge in [0.05, 0.1) is 0 Å². The van der Waals surface area contributed by atoms with Crippen LogP contribution in [-0.2, 0) is 0 Å². The fourth-order valence-electron chi connectivity index (χ4n) is 1.47. The van der Waals surface area contributed by atoms with Crippen LogP contribution < -0.4 is 10.6 Å². The monoisotopic (exact) mass is 214 g/mol. The third-order valence-corrected chi connectivity index (χ3v) is 2.22. The zero-order chi connectivity index (χ0) is 11.4. The van der Waals surface area contributed by atoms with E-state index in [0.29, 0.717) is 0 Å². The second-order valence-electron chi connectivity index (χ2n) is 3.50. The van der Waals surface area contributed by atoms with E-state index in [4.69, 9.17) is 0 Å². The Labute approximate surface area is 94.8 Å². The van der Waals surface area contributed by atoms with Crippen LogP contribution in [0, 0.1) is 6.92 Å². The van der Waals surface area contributed by atoms with Crippen LogP contribution in [0.4, 0.5) is 17.3 Å². The molecule has 0 unspecified atom stereocenters. The molecule has 4 nitrogen and oxygen atoms in total. The molecular weight excluding hydrogens is 200 g/mol. The molecule has 2 rings (SSSR count). The number of nitrogens with zero attached hydrogens (tertiary/aromatic N) is 2. The van der Waals surface area contributed by atoms with Crippen LogP contribution in [0.2, 0.25) is 0 Å². The summed E-state index contributed by atoms with van der Waals surface area (Å²) in [5, 5.41) is 6.22. The van der Waals surface area contributed by atoms with Gasteiger partial charge in [-0.25, -0.2) is 9.97 Å². The van der Waals surface area contributed by atoms with Crippen LogP contribution in [0.1, 0.15) is 5.56 Å². The lowest BCUT2D eigenvalue weighted by atomic mass is 10.2. The molecule has 0 fully saturated rings. The molecular formula is C12H14N4. The number of rotatable bonds is 3. The predicted molar refractivity (Wildman–Crippen MR) is 66.0 cm³/mol. The number of hydrogen-bond acceptors (Lipinski definition) is 4. The summed E-state index contributed by atoms with van der Waals surface area (Å²) in [5.74, 6) is 1.47. The number of benzene rings is 1. The van der Waals surface area contributed by atoms with Crippen molar-refractivity contribution >= 4 is 17.3 Å². The number of aromatic nitrogens is 2. The highest BCUT2D eigenvalue weighted by atomic mass is 15.1. The summed E-state index contributed by atoms with van der Waals surface area (Å²) in [7, 11) is 1.82. The molecule has 1 aromatic heterocycles. The van der Waals surface area contributed by atoms with Gasteiger partial charge in [0.2, 0.25) is 0 Å². The molecule has 0 aliphatic carbocycles. The SMILES string of the molecule is CNc1nccnc1Nc1cccc(C)c1. The Morgan fingerprint density at radius 3 is 2.50 bits per heavy atom. The van der Waals surface area contributed by atoms with Crippen LogP contribution in [0.15, 0.2) is 36.7 Å².